The molecule has 28 heavy (non-hydrogen) atoms. The van der Waals surface area contributed by atoms with Crippen molar-refractivity contribution in [2.24, 2.45) is 15.0 Å². The van der Waals surface area contributed by atoms with Gasteiger partial charge in [0.1, 0.15) is 17.1 Å². The van der Waals surface area contributed by atoms with Crippen molar-refractivity contribution < 1.29 is 29.7 Å². The molecule has 0 aliphatic heterocycles. The average molecular weight is 398 g/mol. The maximum absolute atomic E-state index is 11.0. The first-order valence-electron chi connectivity index (χ1n) is 9.28. The van der Waals surface area contributed by atoms with Gasteiger partial charge in [0.05, 0.1) is 19.6 Å². The number of hydrogen-bond donors (Lipinski definition) is 3. The van der Waals surface area contributed by atoms with E-state index in [9.17, 15) is 14.4 Å². The van der Waals surface area contributed by atoms with E-state index in [0.717, 1.165) is 0 Å². The van der Waals surface area contributed by atoms with Gasteiger partial charge in [0.15, 0.2) is 0 Å². The van der Waals surface area contributed by atoms with Gasteiger partial charge in [-0.25, -0.2) is 14.4 Å². The number of aliphatic carboxylic acids is 3. The van der Waals surface area contributed by atoms with Crippen molar-refractivity contribution in [3.05, 3.63) is 0 Å². The smallest absolute Gasteiger partial charge is 0.349 e. The van der Waals surface area contributed by atoms with Crippen LogP contribution in [0.15, 0.2) is 15.0 Å². The van der Waals surface area contributed by atoms with Crippen molar-refractivity contribution in [1.29, 1.82) is 0 Å². The first kappa shape index (κ1) is 25.4. The molecule has 0 atom stereocenters. The molecular formula is C18H30N4O6. The topological polar surface area (TPSA) is 152 Å². The molecule has 0 spiro atoms. The summed E-state index contributed by atoms with van der Waals surface area (Å²) in [6, 6.07) is 0. The van der Waals surface area contributed by atoms with Gasteiger partial charge in [-0.15, -0.1) is 0 Å². The standard InChI is InChI=1S/C18H30N4O6/c1-4-13(16(23)24)19-7-10-22(11-8-20-14(5-2)17(25)26)12-9-21-15(6-3)18(27)28/h4-12H2,1-3H3,(H,23,24)(H,25,26)(H,27,28). The Balaban J connectivity index is 4.97. The Labute approximate surface area is 164 Å². The van der Waals surface area contributed by atoms with Gasteiger partial charge in [-0.05, 0) is 19.3 Å². The Hall–Kier alpha value is -2.62. The Morgan fingerprint density at radius 3 is 1.04 bits per heavy atom. The zero-order valence-electron chi connectivity index (χ0n) is 16.7. The Bertz CT molecular complexity index is 542. The van der Waals surface area contributed by atoms with Crippen LogP contribution >= 0.6 is 0 Å². The van der Waals surface area contributed by atoms with Gasteiger partial charge in [0, 0.05) is 19.6 Å². The second-order valence-electron chi connectivity index (χ2n) is 5.80. The van der Waals surface area contributed by atoms with E-state index in [1.807, 2.05) is 4.90 Å². The van der Waals surface area contributed by atoms with Crippen molar-refractivity contribution in [2.75, 3.05) is 39.3 Å². The van der Waals surface area contributed by atoms with Crippen LogP contribution in [0.2, 0.25) is 0 Å². The Morgan fingerprint density at radius 2 is 0.857 bits per heavy atom. The highest BCUT2D eigenvalue weighted by atomic mass is 16.4. The third-order valence-corrected chi connectivity index (χ3v) is 3.90. The van der Waals surface area contributed by atoms with Crippen LogP contribution in [0.5, 0.6) is 0 Å². The van der Waals surface area contributed by atoms with Gasteiger partial charge in [0.2, 0.25) is 0 Å². The van der Waals surface area contributed by atoms with Gasteiger partial charge < -0.3 is 15.3 Å². The lowest BCUT2D eigenvalue weighted by atomic mass is 10.3. The highest BCUT2D eigenvalue weighted by molar-refractivity contribution is 6.36. The normalized spacial score (nSPS) is 13.1. The van der Waals surface area contributed by atoms with Crippen LogP contribution in [-0.4, -0.2) is 94.5 Å². The first-order chi connectivity index (χ1) is 13.3. The zero-order chi connectivity index (χ0) is 21.5. The molecule has 0 aromatic carbocycles. The van der Waals surface area contributed by atoms with Crippen LogP contribution in [0.1, 0.15) is 40.0 Å². The summed E-state index contributed by atoms with van der Waals surface area (Å²) in [5.74, 6) is -3.15. The Morgan fingerprint density at radius 1 is 0.607 bits per heavy atom. The van der Waals surface area contributed by atoms with E-state index in [1.54, 1.807) is 20.8 Å². The maximum Gasteiger partial charge on any atom is 0.349 e. The summed E-state index contributed by atoms with van der Waals surface area (Å²) in [4.78, 5) is 47.1. The fourth-order valence-corrected chi connectivity index (χ4v) is 2.31. The number of carbonyl (C=O) groups is 3. The molecule has 0 saturated heterocycles. The summed E-state index contributed by atoms with van der Waals surface area (Å²) >= 11 is 0. The summed E-state index contributed by atoms with van der Waals surface area (Å²) in [7, 11) is 0. The van der Waals surface area contributed by atoms with Gasteiger partial charge in [-0.2, -0.15) is 0 Å². The molecule has 0 aromatic heterocycles. The molecule has 10 nitrogen and oxygen atoms in total. The molecule has 0 aliphatic carbocycles. The second kappa shape index (κ2) is 14.4. The minimum Gasteiger partial charge on any atom is -0.477 e. The molecule has 3 N–H and O–H groups in total. The van der Waals surface area contributed by atoms with E-state index in [2.05, 4.69) is 15.0 Å². The summed E-state index contributed by atoms with van der Waals surface area (Å²) in [6.07, 6.45) is 0.961. The zero-order valence-corrected chi connectivity index (χ0v) is 16.7. The highest BCUT2D eigenvalue weighted by Gasteiger charge is 2.10. The summed E-state index contributed by atoms with van der Waals surface area (Å²) < 4.78 is 0. The maximum atomic E-state index is 11.0. The fraction of sp³-hybridized carbons (Fsp3) is 0.667. The van der Waals surface area contributed by atoms with E-state index in [0.29, 0.717) is 38.9 Å². The van der Waals surface area contributed by atoms with Crippen molar-refractivity contribution in [2.45, 2.75) is 40.0 Å². The predicted molar refractivity (Wildman–Crippen MR) is 107 cm³/mol. The molecule has 0 fully saturated rings. The van der Waals surface area contributed by atoms with Crippen molar-refractivity contribution in [1.82, 2.24) is 4.90 Å². The van der Waals surface area contributed by atoms with E-state index in [1.165, 1.54) is 0 Å². The fourth-order valence-electron chi connectivity index (χ4n) is 2.31. The third-order valence-electron chi connectivity index (χ3n) is 3.90. The molecule has 0 unspecified atom stereocenters. The summed E-state index contributed by atoms with van der Waals surface area (Å²) in [5.41, 5.74) is 0.276. The molecule has 10 heteroatoms. The summed E-state index contributed by atoms with van der Waals surface area (Å²) in [5, 5.41) is 27.0. The van der Waals surface area contributed by atoms with Crippen LogP contribution in [0, 0.1) is 0 Å². The van der Waals surface area contributed by atoms with E-state index in [4.69, 9.17) is 15.3 Å². The van der Waals surface area contributed by atoms with Crippen LogP contribution < -0.4 is 0 Å². The number of hydrogen-bond acceptors (Lipinski definition) is 7. The summed E-state index contributed by atoms with van der Waals surface area (Å²) in [6.45, 7) is 7.24. The van der Waals surface area contributed by atoms with Crippen LogP contribution in [0.3, 0.4) is 0 Å². The lowest BCUT2D eigenvalue weighted by Gasteiger charge is -2.20. The third kappa shape index (κ3) is 10.5. The van der Waals surface area contributed by atoms with Crippen LogP contribution in [0.4, 0.5) is 0 Å². The predicted octanol–water partition coefficient (Wildman–Crippen LogP) is 1.10. The first-order valence-corrected chi connectivity index (χ1v) is 9.28. The number of carboxylic acid groups (broad SMARTS) is 3. The number of rotatable bonds is 15. The molecule has 0 heterocycles. The molecule has 0 rings (SSSR count). The van der Waals surface area contributed by atoms with Gasteiger partial charge >= 0.3 is 17.9 Å². The number of nitrogens with zero attached hydrogens (tertiary/aromatic N) is 4. The van der Waals surface area contributed by atoms with E-state index >= 15 is 0 Å². The molecule has 158 valence electrons. The lowest BCUT2D eigenvalue weighted by molar-refractivity contribution is -0.130. The van der Waals surface area contributed by atoms with Crippen molar-refractivity contribution in [3.8, 4) is 0 Å². The SMILES string of the molecule is CCC(=NCCN(CCN=C(CC)C(=O)O)CCN=C(CC)C(=O)O)C(=O)O. The molecule has 0 aromatic rings. The number of aliphatic imine (C=N–C) groups is 3. The largest absolute Gasteiger partial charge is 0.477 e. The van der Waals surface area contributed by atoms with Gasteiger partial charge in [-0.3, -0.25) is 19.9 Å². The average Bonchev–Trinajstić information content (AvgIpc) is 2.64. The molecule has 0 saturated carbocycles. The molecule has 0 aliphatic rings. The minimum absolute atomic E-state index is 0.0919. The van der Waals surface area contributed by atoms with Crippen LogP contribution in [-0.2, 0) is 14.4 Å². The van der Waals surface area contributed by atoms with E-state index < -0.39 is 17.9 Å². The molecule has 0 bridgehead atoms. The monoisotopic (exact) mass is 398 g/mol. The van der Waals surface area contributed by atoms with Crippen LogP contribution in [0.25, 0.3) is 0 Å². The minimum atomic E-state index is -1.05. The quantitative estimate of drug-likeness (QED) is 0.349. The highest BCUT2D eigenvalue weighted by Crippen LogP contribution is 1.96. The van der Waals surface area contributed by atoms with E-state index in [-0.39, 0.29) is 36.8 Å². The van der Waals surface area contributed by atoms with Gasteiger partial charge in [-0.1, -0.05) is 20.8 Å². The molecule has 0 radical (unpaired) electrons. The molecular weight excluding hydrogens is 368 g/mol. The second-order valence-corrected chi connectivity index (χ2v) is 5.80. The van der Waals surface area contributed by atoms with Gasteiger partial charge in [0.25, 0.3) is 0 Å². The number of carboxylic acids is 3. The Kier molecular flexibility index (Phi) is 13.1. The van der Waals surface area contributed by atoms with Crippen molar-refractivity contribution >= 4 is 35.0 Å². The van der Waals surface area contributed by atoms with Crippen molar-refractivity contribution in [3.63, 3.8) is 0 Å². The molecule has 0 amide bonds. The lowest BCUT2D eigenvalue weighted by Crippen LogP contribution is -2.32.